The predicted molar refractivity (Wildman–Crippen MR) is 64.8 cm³/mol. The molecule has 0 atom stereocenters. The van der Waals surface area contributed by atoms with Crippen LogP contribution in [0.1, 0.15) is 17.3 Å². The van der Waals surface area contributed by atoms with E-state index >= 15 is 0 Å². The SMILES string of the molecule is CC(=O)c1ccc(-c2ccc(Cl)s2)cc1. The van der Waals surface area contributed by atoms with E-state index in [0.717, 1.165) is 20.3 Å². The lowest BCUT2D eigenvalue weighted by molar-refractivity contribution is 0.101. The molecule has 0 spiro atoms. The highest BCUT2D eigenvalue weighted by Crippen LogP contribution is 2.30. The Kier molecular flexibility index (Phi) is 2.89. The molecule has 0 amide bonds. The van der Waals surface area contributed by atoms with Crippen LogP contribution in [0, 0.1) is 0 Å². The molecule has 0 bridgehead atoms. The zero-order valence-electron chi connectivity index (χ0n) is 8.16. The van der Waals surface area contributed by atoms with Gasteiger partial charge in [0.25, 0.3) is 0 Å². The number of hydrogen-bond donors (Lipinski definition) is 0. The molecule has 3 heteroatoms. The summed E-state index contributed by atoms with van der Waals surface area (Å²) in [6, 6.07) is 11.4. The molecule has 2 rings (SSSR count). The van der Waals surface area contributed by atoms with Crippen molar-refractivity contribution < 1.29 is 4.79 Å². The molecule has 2 aromatic rings. The number of hydrogen-bond acceptors (Lipinski definition) is 2. The Morgan fingerprint density at radius 2 is 1.80 bits per heavy atom. The van der Waals surface area contributed by atoms with Crippen molar-refractivity contribution in [3.8, 4) is 10.4 Å². The van der Waals surface area contributed by atoms with Gasteiger partial charge >= 0.3 is 0 Å². The van der Waals surface area contributed by atoms with Crippen LogP contribution in [0.15, 0.2) is 36.4 Å². The van der Waals surface area contributed by atoms with Crippen molar-refractivity contribution in [2.75, 3.05) is 0 Å². The van der Waals surface area contributed by atoms with Gasteiger partial charge < -0.3 is 0 Å². The van der Waals surface area contributed by atoms with Gasteiger partial charge in [0, 0.05) is 10.4 Å². The molecular formula is C12H9ClOS. The molecule has 0 saturated heterocycles. The highest BCUT2D eigenvalue weighted by Gasteiger charge is 2.03. The summed E-state index contributed by atoms with van der Waals surface area (Å²) in [6.07, 6.45) is 0. The molecule has 0 radical (unpaired) electrons. The van der Waals surface area contributed by atoms with Gasteiger partial charge in [-0.15, -0.1) is 11.3 Å². The smallest absolute Gasteiger partial charge is 0.159 e. The molecule has 1 heterocycles. The summed E-state index contributed by atoms with van der Waals surface area (Å²) in [4.78, 5) is 12.2. The maximum atomic E-state index is 11.1. The van der Waals surface area contributed by atoms with Crippen LogP contribution in [0.4, 0.5) is 0 Å². The van der Waals surface area contributed by atoms with Crippen molar-refractivity contribution >= 4 is 28.7 Å². The summed E-state index contributed by atoms with van der Waals surface area (Å²) in [7, 11) is 0. The van der Waals surface area contributed by atoms with Gasteiger partial charge in [-0.3, -0.25) is 4.79 Å². The van der Waals surface area contributed by atoms with Gasteiger partial charge in [-0.25, -0.2) is 0 Å². The molecule has 0 unspecified atom stereocenters. The Morgan fingerprint density at radius 3 is 2.27 bits per heavy atom. The molecule has 0 aliphatic heterocycles. The van der Waals surface area contributed by atoms with Gasteiger partial charge in [0.05, 0.1) is 4.34 Å². The standard InChI is InChI=1S/C12H9ClOS/c1-8(14)9-2-4-10(5-3-9)11-6-7-12(13)15-11/h2-7H,1H3. The Bertz CT molecular complexity index is 485. The van der Waals surface area contributed by atoms with Gasteiger partial charge in [-0.1, -0.05) is 35.9 Å². The first kappa shape index (κ1) is 10.4. The minimum atomic E-state index is 0.0887. The number of carbonyl (C=O) groups is 1. The topological polar surface area (TPSA) is 17.1 Å². The van der Waals surface area contributed by atoms with Gasteiger partial charge in [0.1, 0.15) is 0 Å². The van der Waals surface area contributed by atoms with Gasteiger partial charge in [0.15, 0.2) is 5.78 Å². The van der Waals surface area contributed by atoms with Crippen LogP contribution in [0.5, 0.6) is 0 Å². The number of benzene rings is 1. The molecular weight excluding hydrogens is 228 g/mol. The Morgan fingerprint density at radius 1 is 1.13 bits per heavy atom. The number of carbonyl (C=O) groups excluding carboxylic acids is 1. The number of Topliss-reactive ketones (excluding diaryl/α,β-unsaturated/α-hetero) is 1. The van der Waals surface area contributed by atoms with E-state index in [4.69, 9.17) is 11.6 Å². The van der Waals surface area contributed by atoms with Crippen molar-refractivity contribution in [2.24, 2.45) is 0 Å². The first-order valence-corrected chi connectivity index (χ1v) is 5.73. The van der Waals surface area contributed by atoms with E-state index in [1.807, 2.05) is 36.4 Å². The Hall–Kier alpha value is -1.12. The van der Waals surface area contributed by atoms with Crippen molar-refractivity contribution in [1.82, 2.24) is 0 Å². The van der Waals surface area contributed by atoms with Gasteiger partial charge in [-0.05, 0) is 24.6 Å². The van der Waals surface area contributed by atoms with E-state index in [2.05, 4.69) is 0 Å². The lowest BCUT2D eigenvalue weighted by Gasteiger charge is -1.98. The number of rotatable bonds is 2. The molecule has 0 saturated carbocycles. The fraction of sp³-hybridized carbons (Fsp3) is 0.0833. The fourth-order valence-electron chi connectivity index (χ4n) is 1.34. The summed E-state index contributed by atoms with van der Waals surface area (Å²) in [5.41, 5.74) is 1.83. The van der Waals surface area contributed by atoms with Crippen LogP contribution < -0.4 is 0 Å². The molecule has 0 aliphatic rings. The van der Waals surface area contributed by atoms with E-state index in [1.54, 1.807) is 6.92 Å². The van der Waals surface area contributed by atoms with E-state index in [1.165, 1.54) is 11.3 Å². The third-order valence-electron chi connectivity index (χ3n) is 2.15. The third-order valence-corrected chi connectivity index (χ3v) is 3.43. The Balaban J connectivity index is 2.35. The summed E-state index contributed by atoms with van der Waals surface area (Å²) >= 11 is 7.39. The predicted octanol–water partition coefficient (Wildman–Crippen LogP) is 4.27. The molecule has 1 aromatic carbocycles. The summed E-state index contributed by atoms with van der Waals surface area (Å²) in [5, 5.41) is 0. The summed E-state index contributed by atoms with van der Waals surface area (Å²) in [5.74, 6) is 0.0887. The van der Waals surface area contributed by atoms with Crippen LogP contribution in [0.2, 0.25) is 4.34 Å². The van der Waals surface area contributed by atoms with Crippen molar-refractivity contribution in [2.45, 2.75) is 6.92 Å². The zero-order chi connectivity index (χ0) is 10.8. The molecule has 15 heavy (non-hydrogen) atoms. The lowest BCUT2D eigenvalue weighted by atomic mass is 10.1. The summed E-state index contributed by atoms with van der Waals surface area (Å²) in [6.45, 7) is 1.57. The second-order valence-electron chi connectivity index (χ2n) is 3.24. The maximum absolute atomic E-state index is 11.1. The molecule has 0 fully saturated rings. The molecule has 0 aliphatic carbocycles. The molecule has 0 N–H and O–H groups in total. The second-order valence-corrected chi connectivity index (χ2v) is 4.95. The largest absolute Gasteiger partial charge is 0.295 e. The fourth-order valence-corrected chi connectivity index (χ4v) is 2.39. The van der Waals surface area contributed by atoms with Crippen LogP contribution in [0.25, 0.3) is 10.4 Å². The monoisotopic (exact) mass is 236 g/mol. The lowest BCUT2D eigenvalue weighted by Crippen LogP contribution is -1.90. The Labute approximate surface area is 97.3 Å². The van der Waals surface area contributed by atoms with E-state index in [-0.39, 0.29) is 5.78 Å². The van der Waals surface area contributed by atoms with E-state index in [0.29, 0.717) is 0 Å². The number of halogens is 1. The first-order chi connectivity index (χ1) is 7.16. The summed E-state index contributed by atoms with van der Waals surface area (Å²) < 4.78 is 0.778. The molecule has 76 valence electrons. The minimum Gasteiger partial charge on any atom is -0.295 e. The van der Waals surface area contributed by atoms with Gasteiger partial charge in [-0.2, -0.15) is 0 Å². The van der Waals surface area contributed by atoms with E-state index in [9.17, 15) is 4.79 Å². The highest BCUT2D eigenvalue weighted by molar-refractivity contribution is 7.19. The second kappa shape index (κ2) is 4.17. The van der Waals surface area contributed by atoms with Crippen LogP contribution in [0.3, 0.4) is 0 Å². The number of ketones is 1. The molecule has 1 aromatic heterocycles. The number of thiophene rings is 1. The van der Waals surface area contributed by atoms with Gasteiger partial charge in [0.2, 0.25) is 0 Å². The zero-order valence-corrected chi connectivity index (χ0v) is 9.73. The van der Waals surface area contributed by atoms with Crippen molar-refractivity contribution in [3.63, 3.8) is 0 Å². The average Bonchev–Trinajstić information content (AvgIpc) is 2.65. The average molecular weight is 237 g/mol. The van der Waals surface area contributed by atoms with Crippen molar-refractivity contribution in [3.05, 3.63) is 46.3 Å². The quantitative estimate of drug-likeness (QED) is 0.712. The highest BCUT2D eigenvalue weighted by atomic mass is 35.5. The van der Waals surface area contributed by atoms with Crippen molar-refractivity contribution in [1.29, 1.82) is 0 Å². The van der Waals surface area contributed by atoms with Crippen LogP contribution in [-0.2, 0) is 0 Å². The first-order valence-electron chi connectivity index (χ1n) is 4.53. The maximum Gasteiger partial charge on any atom is 0.159 e. The molecule has 1 nitrogen and oxygen atoms in total. The normalized spacial score (nSPS) is 10.3. The van der Waals surface area contributed by atoms with E-state index < -0.39 is 0 Å². The third kappa shape index (κ3) is 2.28. The van der Waals surface area contributed by atoms with Crippen LogP contribution >= 0.6 is 22.9 Å². The minimum absolute atomic E-state index is 0.0887. The van der Waals surface area contributed by atoms with Crippen LogP contribution in [-0.4, -0.2) is 5.78 Å².